The molecule has 0 atom stereocenters. The minimum atomic E-state index is -1.06. The van der Waals surface area contributed by atoms with E-state index in [9.17, 15) is 8.78 Å². The van der Waals surface area contributed by atoms with E-state index in [0.717, 1.165) is 6.07 Å². The van der Waals surface area contributed by atoms with Gasteiger partial charge in [-0.3, -0.25) is 0 Å². The van der Waals surface area contributed by atoms with Crippen LogP contribution in [0.4, 0.5) is 8.78 Å². The summed E-state index contributed by atoms with van der Waals surface area (Å²) in [7, 11) is 0. The number of ether oxygens (including phenoxy) is 1. The van der Waals surface area contributed by atoms with Gasteiger partial charge in [0.1, 0.15) is 10.7 Å². The highest BCUT2D eigenvalue weighted by Gasteiger charge is 2.11. The molecule has 0 unspecified atom stereocenters. The van der Waals surface area contributed by atoms with Crippen molar-refractivity contribution in [1.82, 2.24) is 0 Å². The van der Waals surface area contributed by atoms with Crippen molar-refractivity contribution in [3.8, 4) is 11.5 Å². The minimum absolute atomic E-state index is 0.147. The highest BCUT2D eigenvalue weighted by Crippen LogP contribution is 2.29. The van der Waals surface area contributed by atoms with Gasteiger partial charge in [0.25, 0.3) is 0 Å². The standard InChI is InChI=1S/C13H8ClF2NOS/c14-9-6-7(4-5-8(9)13(17)19)18-11-3-1-2-10(15)12(11)16/h1-6H,(H2,17,19). The van der Waals surface area contributed by atoms with E-state index in [1.54, 1.807) is 6.07 Å². The van der Waals surface area contributed by atoms with Crippen LogP contribution in [0.5, 0.6) is 11.5 Å². The smallest absolute Gasteiger partial charge is 0.201 e. The van der Waals surface area contributed by atoms with Gasteiger partial charge in [-0.2, -0.15) is 4.39 Å². The maximum atomic E-state index is 13.4. The summed E-state index contributed by atoms with van der Waals surface area (Å²) in [4.78, 5) is 0.147. The molecule has 0 aliphatic carbocycles. The van der Waals surface area contributed by atoms with Crippen molar-refractivity contribution < 1.29 is 13.5 Å². The molecule has 0 spiro atoms. The average Bonchev–Trinajstić information content (AvgIpc) is 2.34. The first-order valence-corrected chi connectivity index (χ1v) is 5.99. The van der Waals surface area contributed by atoms with E-state index in [4.69, 9.17) is 34.3 Å². The number of rotatable bonds is 3. The van der Waals surface area contributed by atoms with Gasteiger partial charge in [-0.1, -0.05) is 29.9 Å². The molecule has 2 rings (SSSR count). The number of benzene rings is 2. The number of nitrogens with two attached hydrogens (primary N) is 1. The average molecular weight is 300 g/mol. The molecule has 0 bridgehead atoms. The van der Waals surface area contributed by atoms with Crippen LogP contribution in [0.3, 0.4) is 0 Å². The van der Waals surface area contributed by atoms with Crippen LogP contribution in [0.25, 0.3) is 0 Å². The maximum Gasteiger partial charge on any atom is 0.201 e. The van der Waals surface area contributed by atoms with Crippen LogP contribution in [0.1, 0.15) is 5.56 Å². The van der Waals surface area contributed by atoms with Crippen LogP contribution < -0.4 is 10.5 Å². The van der Waals surface area contributed by atoms with Crippen molar-refractivity contribution >= 4 is 28.8 Å². The lowest BCUT2D eigenvalue weighted by atomic mass is 10.2. The Balaban J connectivity index is 2.32. The fourth-order valence-corrected chi connectivity index (χ4v) is 1.96. The van der Waals surface area contributed by atoms with Crippen LogP contribution in [-0.2, 0) is 0 Å². The van der Waals surface area contributed by atoms with Crippen LogP contribution in [0.2, 0.25) is 5.02 Å². The molecule has 2 nitrogen and oxygen atoms in total. The third kappa shape index (κ3) is 3.00. The molecule has 0 saturated carbocycles. The third-order valence-electron chi connectivity index (χ3n) is 2.35. The first kappa shape index (κ1) is 13.7. The molecule has 0 fully saturated rings. The number of hydrogen-bond acceptors (Lipinski definition) is 2. The summed E-state index contributed by atoms with van der Waals surface area (Å²) in [6.45, 7) is 0. The Morgan fingerprint density at radius 3 is 2.58 bits per heavy atom. The van der Waals surface area contributed by atoms with Crippen LogP contribution in [0, 0.1) is 11.6 Å². The first-order chi connectivity index (χ1) is 8.99. The normalized spacial score (nSPS) is 10.3. The highest BCUT2D eigenvalue weighted by molar-refractivity contribution is 7.80. The largest absolute Gasteiger partial charge is 0.454 e. The first-order valence-electron chi connectivity index (χ1n) is 5.20. The van der Waals surface area contributed by atoms with Gasteiger partial charge >= 0.3 is 0 Å². The zero-order chi connectivity index (χ0) is 14.0. The maximum absolute atomic E-state index is 13.4. The fourth-order valence-electron chi connectivity index (χ4n) is 1.45. The van der Waals surface area contributed by atoms with Crippen molar-refractivity contribution in [2.45, 2.75) is 0 Å². The molecule has 6 heteroatoms. The minimum Gasteiger partial charge on any atom is -0.454 e. The zero-order valence-corrected chi connectivity index (χ0v) is 11.1. The van der Waals surface area contributed by atoms with Crippen molar-refractivity contribution in [3.63, 3.8) is 0 Å². The van der Waals surface area contributed by atoms with Gasteiger partial charge in [0.05, 0.1) is 5.02 Å². The Kier molecular flexibility index (Phi) is 3.97. The predicted octanol–water partition coefficient (Wildman–Crippen LogP) is 4.04. The molecule has 98 valence electrons. The van der Waals surface area contributed by atoms with Crippen LogP contribution in [-0.4, -0.2) is 4.99 Å². The monoisotopic (exact) mass is 299 g/mol. The molecule has 2 aromatic rings. The van der Waals surface area contributed by atoms with Gasteiger partial charge in [-0.05, 0) is 24.3 Å². The molecule has 2 aromatic carbocycles. The predicted molar refractivity (Wildman–Crippen MR) is 73.8 cm³/mol. The Bertz CT molecular complexity index is 649. The molecule has 0 amide bonds. The van der Waals surface area contributed by atoms with Gasteiger partial charge in [-0.25, -0.2) is 4.39 Å². The number of hydrogen-bond donors (Lipinski definition) is 1. The molecule has 19 heavy (non-hydrogen) atoms. The van der Waals surface area contributed by atoms with Crippen LogP contribution >= 0.6 is 23.8 Å². The summed E-state index contributed by atoms with van der Waals surface area (Å²) in [6.07, 6.45) is 0. The van der Waals surface area contributed by atoms with E-state index < -0.39 is 11.6 Å². The Morgan fingerprint density at radius 1 is 1.21 bits per heavy atom. The SMILES string of the molecule is NC(=S)c1ccc(Oc2cccc(F)c2F)cc1Cl. The zero-order valence-electron chi connectivity index (χ0n) is 9.49. The molecule has 0 saturated heterocycles. The van der Waals surface area contributed by atoms with Crippen molar-refractivity contribution in [3.05, 3.63) is 58.6 Å². The number of thiocarbonyl (C=S) groups is 1. The van der Waals surface area contributed by atoms with Crippen molar-refractivity contribution in [2.75, 3.05) is 0 Å². The molecule has 0 radical (unpaired) electrons. The van der Waals surface area contributed by atoms with Gasteiger partial charge in [0, 0.05) is 11.6 Å². The summed E-state index contributed by atoms with van der Waals surface area (Å²) >= 11 is 10.7. The molecule has 0 aromatic heterocycles. The summed E-state index contributed by atoms with van der Waals surface area (Å²) in [6, 6.07) is 8.17. The molecule has 0 aliphatic heterocycles. The van der Waals surface area contributed by atoms with Gasteiger partial charge in [0.15, 0.2) is 11.6 Å². The van der Waals surface area contributed by atoms with Crippen molar-refractivity contribution in [2.24, 2.45) is 5.73 Å². The van der Waals surface area contributed by atoms with Gasteiger partial charge in [0.2, 0.25) is 5.82 Å². The van der Waals surface area contributed by atoms with Gasteiger partial charge < -0.3 is 10.5 Å². The number of halogens is 3. The molecular weight excluding hydrogens is 292 g/mol. The fraction of sp³-hybridized carbons (Fsp3) is 0. The topological polar surface area (TPSA) is 35.2 Å². The van der Waals surface area contributed by atoms with E-state index in [0.29, 0.717) is 5.56 Å². The highest BCUT2D eigenvalue weighted by atomic mass is 35.5. The van der Waals surface area contributed by atoms with Crippen LogP contribution in [0.15, 0.2) is 36.4 Å². The van der Waals surface area contributed by atoms with E-state index in [1.807, 2.05) is 0 Å². The van der Waals surface area contributed by atoms with Crippen molar-refractivity contribution in [1.29, 1.82) is 0 Å². The third-order valence-corrected chi connectivity index (χ3v) is 2.88. The lowest BCUT2D eigenvalue weighted by molar-refractivity contribution is 0.416. The van der Waals surface area contributed by atoms with Gasteiger partial charge in [-0.15, -0.1) is 0 Å². The summed E-state index contributed by atoms with van der Waals surface area (Å²) in [5, 5.41) is 0.279. The molecule has 0 aliphatic rings. The lowest BCUT2D eigenvalue weighted by Gasteiger charge is -2.09. The summed E-state index contributed by atoms with van der Waals surface area (Å²) < 4.78 is 31.7. The summed E-state index contributed by atoms with van der Waals surface area (Å²) in [5.41, 5.74) is 5.95. The Hall–Kier alpha value is -1.72. The Labute approximate surface area is 118 Å². The second-order valence-electron chi connectivity index (χ2n) is 3.66. The van der Waals surface area contributed by atoms with E-state index in [1.165, 1.54) is 24.3 Å². The quantitative estimate of drug-likeness (QED) is 0.869. The molecule has 0 heterocycles. The second-order valence-corrected chi connectivity index (χ2v) is 4.51. The second kappa shape index (κ2) is 5.50. The van der Waals surface area contributed by atoms with E-state index in [-0.39, 0.29) is 21.5 Å². The molecule has 2 N–H and O–H groups in total. The summed E-state index contributed by atoms with van der Waals surface area (Å²) in [5.74, 6) is -2.01. The Morgan fingerprint density at radius 2 is 1.95 bits per heavy atom. The molecular formula is C13H8ClF2NOS. The lowest BCUT2D eigenvalue weighted by Crippen LogP contribution is -2.09. The van der Waals surface area contributed by atoms with E-state index >= 15 is 0 Å². The van der Waals surface area contributed by atoms with E-state index in [2.05, 4.69) is 0 Å².